The molecular weight excluding hydrogens is 212 g/mol. The van der Waals surface area contributed by atoms with Crippen LogP contribution in [0.4, 0.5) is 5.69 Å². The Morgan fingerprint density at radius 2 is 2.06 bits per heavy atom. The topological polar surface area (TPSA) is 95.5 Å². The van der Waals surface area contributed by atoms with Crippen LogP contribution in [0.1, 0.15) is 5.56 Å². The van der Waals surface area contributed by atoms with E-state index in [0.717, 1.165) is 5.56 Å². The number of carbonyl (C=O) groups excluding carboxylic acids is 1. The molecule has 1 aromatic rings. The number of nitro benzene ring substituents is 1. The number of non-ortho nitro benzene ring substituents is 1. The van der Waals surface area contributed by atoms with Crippen LogP contribution in [0, 0.1) is 10.1 Å². The van der Waals surface area contributed by atoms with Crippen LogP contribution < -0.4 is 5.73 Å². The summed E-state index contributed by atoms with van der Waals surface area (Å²) in [5.41, 5.74) is 6.31. The van der Waals surface area contributed by atoms with Gasteiger partial charge >= 0.3 is 5.97 Å². The molecule has 0 saturated heterocycles. The van der Waals surface area contributed by atoms with Crippen LogP contribution in [0.2, 0.25) is 0 Å². The van der Waals surface area contributed by atoms with E-state index in [-0.39, 0.29) is 5.69 Å². The third-order valence-corrected chi connectivity index (χ3v) is 2.11. The lowest BCUT2D eigenvalue weighted by molar-refractivity contribution is -0.384. The van der Waals surface area contributed by atoms with Crippen molar-refractivity contribution in [3.05, 3.63) is 39.9 Å². The smallest absolute Gasteiger partial charge is 0.322 e. The monoisotopic (exact) mass is 224 g/mol. The summed E-state index contributed by atoms with van der Waals surface area (Å²) in [6.07, 6.45) is 0.296. The quantitative estimate of drug-likeness (QED) is 0.460. The van der Waals surface area contributed by atoms with Crippen LogP contribution in [-0.2, 0) is 16.0 Å². The average molecular weight is 224 g/mol. The molecule has 0 unspecified atom stereocenters. The van der Waals surface area contributed by atoms with E-state index in [0.29, 0.717) is 6.42 Å². The summed E-state index contributed by atoms with van der Waals surface area (Å²) in [5, 5.41) is 10.4. The first-order valence-electron chi connectivity index (χ1n) is 4.61. The van der Waals surface area contributed by atoms with E-state index in [4.69, 9.17) is 5.73 Å². The van der Waals surface area contributed by atoms with Crippen molar-refractivity contribution in [1.29, 1.82) is 0 Å². The molecule has 0 aromatic heterocycles. The molecule has 0 radical (unpaired) electrons. The number of hydrogen-bond acceptors (Lipinski definition) is 5. The van der Waals surface area contributed by atoms with Crippen LogP contribution in [0.3, 0.4) is 0 Å². The maximum Gasteiger partial charge on any atom is 0.322 e. The van der Waals surface area contributed by atoms with Crippen molar-refractivity contribution in [3.8, 4) is 0 Å². The lowest BCUT2D eigenvalue weighted by Crippen LogP contribution is -2.33. The summed E-state index contributed by atoms with van der Waals surface area (Å²) in [6.45, 7) is 0. The van der Waals surface area contributed by atoms with Gasteiger partial charge in [-0.2, -0.15) is 0 Å². The first kappa shape index (κ1) is 12.1. The molecule has 6 nitrogen and oxygen atoms in total. The minimum absolute atomic E-state index is 0.00962. The number of esters is 1. The van der Waals surface area contributed by atoms with Gasteiger partial charge in [-0.05, 0) is 12.0 Å². The van der Waals surface area contributed by atoms with Gasteiger partial charge in [0.1, 0.15) is 6.04 Å². The highest BCUT2D eigenvalue weighted by Crippen LogP contribution is 2.12. The van der Waals surface area contributed by atoms with Crippen LogP contribution in [0.5, 0.6) is 0 Å². The Hall–Kier alpha value is -1.95. The first-order chi connectivity index (χ1) is 7.54. The molecule has 0 aliphatic rings. The van der Waals surface area contributed by atoms with Crippen molar-refractivity contribution >= 4 is 11.7 Å². The Balaban J connectivity index is 2.68. The Morgan fingerprint density at radius 1 is 1.50 bits per heavy atom. The number of nitrogens with zero attached hydrogens (tertiary/aromatic N) is 1. The third-order valence-electron chi connectivity index (χ3n) is 2.11. The van der Waals surface area contributed by atoms with Crippen LogP contribution in [-0.4, -0.2) is 24.0 Å². The van der Waals surface area contributed by atoms with E-state index < -0.39 is 16.9 Å². The Labute approximate surface area is 92.2 Å². The molecule has 1 rings (SSSR count). The molecule has 0 fully saturated rings. The summed E-state index contributed by atoms with van der Waals surface area (Å²) < 4.78 is 4.47. The zero-order valence-electron chi connectivity index (χ0n) is 8.75. The van der Waals surface area contributed by atoms with Gasteiger partial charge in [-0.15, -0.1) is 0 Å². The van der Waals surface area contributed by atoms with Crippen molar-refractivity contribution in [2.75, 3.05) is 7.11 Å². The van der Waals surface area contributed by atoms with E-state index in [1.807, 2.05) is 0 Å². The van der Waals surface area contributed by atoms with Gasteiger partial charge in [0, 0.05) is 12.1 Å². The molecule has 0 aliphatic carbocycles. The summed E-state index contributed by atoms with van der Waals surface area (Å²) in [7, 11) is 1.26. The SMILES string of the molecule is COC(=O)[C@H](N)Cc1ccc([N+](=O)[O-])cc1. The molecular formula is C10H12N2O4. The van der Waals surface area contributed by atoms with E-state index in [1.165, 1.54) is 19.2 Å². The van der Waals surface area contributed by atoms with E-state index in [2.05, 4.69) is 4.74 Å². The molecule has 1 aromatic carbocycles. The Kier molecular flexibility index (Phi) is 3.96. The minimum Gasteiger partial charge on any atom is -0.468 e. The Bertz CT molecular complexity index is 388. The number of methoxy groups -OCH3 is 1. The maximum atomic E-state index is 11.0. The van der Waals surface area contributed by atoms with E-state index in [9.17, 15) is 14.9 Å². The third kappa shape index (κ3) is 3.03. The van der Waals surface area contributed by atoms with Gasteiger partial charge in [0.25, 0.3) is 5.69 Å². The second kappa shape index (κ2) is 5.22. The molecule has 0 bridgehead atoms. The number of hydrogen-bond donors (Lipinski definition) is 1. The van der Waals surface area contributed by atoms with Crippen molar-refractivity contribution in [2.45, 2.75) is 12.5 Å². The predicted molar refractivity (Wildman–Crippen MR) is 56.8 cm³/mol. The number of carbonyl (C=O) groups is 1. The number of nitrogens with two attached hydrogens (primary N) is 1. The molecule has 0 saturated carbocycles. The molecule has 0 spiro atoms. The molecule has 2 N–H and O–H groups in total. The molecule has 0 heterocycles. The van der Waals surface area contributed by atoms with Crippen molar-refractivity contribution < 1.29 is 14.5 Å². The number of benzene rings is 1. The van der Waals surface area contributed by atoms with E-state index >= 15 is 0 Å². The average Bonchev–Trinajstić information content (AvgIpc) is 2.28. The second-order valence-electron chi connectivity index (χ2n) is 3.26. The van der Waals surface area contributed by atoms with Gasteiger partial charge in [-0.25, -0.2) is 0 Å². The fraction of sp³-hybridized carbons (Fsp3) is 0.300. The van der Waals surface area contributed by atoms with Gasteiger partial charge < -0.3 is 10.5 Å². The highest BCUT2D eigenvalue weighted by atomic mass is 16.6. The highest BCUT2D eigenvalue weighted by molar-refractivity contribution is 5.75. The van der Waals surface area contributed by atoms with Gasteiger partial charge in [-0.3, -0.25) is 14.9 Å². The fourth-order valence-electron chi connectivity index (χ4n) is 1.24. The maximum absolute atomic E-state index is 11.0. The van der Waals surface area contributed by atoms with Gasteiger partial charge in [-0.1, -0.05) is 12.1 Å². The lowest BCUT2D eigenvalue weighted by atomic mass is 10.1. The summed E-state index contributed by atoms with van der Waals surface area (Å²) in [6, 6.07) is 5.15. The van der Waals surface area contributed by atoms with E-state index in [1.54, 1.807) is 12.1 Å². The second-order valence-corrected chi connectivity index (χ2v) is 3.26. The van der Waals surface area contributed by atoms with Crippen LogP contribution in [0.15, 0.2) is 24.3 Å². The standard InChI is InChI=1S/C10H12N2O4/c1-16-10(13)9(11)6-7-2-4-8(5-3-7)12(14)15/h2-5,9H,6,11H2,1H3/t9-/m1/s1. The van der Waals surface area contributed by atoms with Gasteiger partial charge in [0.2, 0.25) is 0 Å². The lowest BCUT2D eigenvalue weighted by Gasteiger charge is -2.08. The number of rotatable bonds is 4. The first-order valence-corrected chi connectivity index (χ1v) is 4.61. The van der Waals surface area contributed by atoms with Crippen LogP contribution >= 0.6 is 0 Å². The normalized spacial score (nSPS) is 11.9. The molecule has 1 atom stereocenters. The summed E-state index contributed by atoms with van der Waals surface area (Å²) in [4.78, 5) is 20.9. The number of ether oxygens (including phenoxy) is 1. The minimum atomic E-state index is -0.744. The van der Waals surface area contributed by atoms with Crippen LogP contribution in [0.25, 0.3) is 0 Å². The molecule has 86 valence electrons. The van der Waals surface area contributed by atoms with Crippen molar-refractivity contribution in [1.82, 2.24) is 0 Å². The predicted octanol–water partition coefficient (Wildman–Crippen LogP) is 0.638. The zero-order valence-corrected chi connectivity index (χ0v) is 8.75. The fourth-order valence-corrected chi connectivity index (χ4v) is 1.24. The summed E-state index contributed by atoms with van der Waals surface area (Å²) in [5.74, 6) is -0.502. The zero-order chi connectivity index (χ0) is 12.1. The molecule has 0 aliphatic heterocycles. The molecule has 6 heteroatoms. The Morgan fingerprint density at radius 3 is 2.50 bits per heavy atom. The highest BCUT2D eigenvalue weighted by Gasteiger charge is 2.14. The molecule has 16 heavy (non-hydrogen) atoms. The molecule has 0 amide bonds. The van der Waals surface area contributed by atoms with Crippen molar-refractivity contribution in [2.24, 2.45) is 5.73 Å². The summed E-state index contributed by atoms with van der Waals surface area (Å²) >= 11 is 0. The van der Waals surface area contributed by atoms with Gasteiger partial charge in [0.15, 0.2) is 0 Å². The largest absolute Gasteiger partial charge is 0.468 e. The van der Waals surface area contributed by atoms with Gasteiger partial charge in [0.05, 0.1) is 12.0 Å². The van der Waals surface area contributed by atoms with Crippen molar-refractivity contribution in [3.63, 3.8) is 0 Å². The number of nitro groups is 1.